The number of carboxylic acids is 1. The minimum absolute atomic E-state index is 0.118. The van der Waals surface area contributed by atoms with Crippen LogP contribution in [-0.4, -0.2) is 22.0 Å². The summed E-state index contributed by atoms with van der Waals surface area (Å²) >= 11 is 0. The van der Waals surface area contributed by atoms with Gasteiger partial charge in [0.15, 0.2) is 6.04 Å². The maximum atomic E-state index is 12.7. The summed E-state index contributed by atoms with van der Waals surface area (Å²) in [5.74, 6) is -2.09. The van der Waals surface area contributed by atoms with Crippen molar-refractivity contribution in [2.75, 3.05) is 0 Å². The van der Waals surface area contributed by atoms with E-state index in [1.807, 2.05) is 13.8 Å². The molecule has 2 N–H and O–H groups in total. The minimum atomic E-state index is -4.62. The van der Waals surface area contributed by atoms with Crippen LogP contribution in [0.2, 0.25) is 0 Å². The molecule has 5 nitrogen and oxygen atoms in total. The van der Waals surface area contributed by atoms with E-state index < -0.39 is 29.8 Å². The van der Waals surface area contributed by atoms with Gasteiger partial charge in [0.05, 0.1) is 11.3 Å². The number of carboxylic acid groups (broad SMARTS) is 1. The molecule has 26 heavy (non-hydrogen) atoms. The highest BCUT2D eigenvalue weighted by atomic mass is 19.4. The van der Waals surface area contributed by atoms with E-state index in [-0.39, 0.29) is 11.3 Å². The molecule has 1 amide bonds. The number of amides is 1. The van der Waals surface area contributed by atoms with E-state index in [1.165, 1.54) is 6.92 Å². The number of aliphatic carboxylic acids is 1. The molecule has 1 unspecified atom stereocenters. The summed E-state index contributed by atoms with van der Waals surface area (Å²) in [6.07, 6.45) is -4.62. The highest BCUT2D eigenvalue weighted by molar-refractivity contribution is 5.97. The molecule has 1 aromatic carbocycles. The van der Waals surface area contributed by atoms with Crippen molar-refractivity contribution < 1.29 is 27.9 Å². The molecule has 2 rings (SSSR count). The first-order valence-electron chi connectivity index (χ1n) is 7.66. The molecule has 1 heterocycles. The second-order valence-corrected chi connectivity index (χ2v) is 5.92. The average molecular weight is 366 g/mol. The molecule has 0 saturated heterocycles. The zero-order valence-corrected chi connectivity index (χ0v) is 14.3. The number of rotatable bonds is 4. The van der Waals surface area contributed by atoms with Gasteiger partial charge in [-0.15, -0.1) is 0 Å². The molecule has 138 valence electrons. The Morgan fingerprint density at radius 2 is 1.73 bits per heavy atom. The van der Waals surface area contributed by atoms with E-state index >= 15 is 0 Å². The maximum absolute atomic E-state index is 12.7. The molecular formula is C18H17F3N2O3. The normalized spacial score (nSPS) is 12.5. The predicted octanol–water partition coefficient (Wildman–Crippen LogP) is 3.58. The van der Waals surface area contributed by atoms with Crippen LogP contribution in [-0.2, 0) is 11.0 Å². The van der Waals surface area contributed by atoms with Crippen LogP contribution in [0.4, 0.5) is 13.2 Å². The number of aromatic nitrogens is 1. The molecular weight excluding hydrogens is 349 g/mol. The molecule has 0 spiro atoms. The average Bonchev–Trinajstić information content (AvgIpc) is 2.53. The second kappa shape index (κ2) is 7.15. The molecule has 0 aliphatic heterocycles. The van der Waals surface area contributed by atoms with Crippen molar-refractivity contribution in [3.63, 3.8) is 0 Å². The molecule has 0 saturated carbocycles. The molecule has 0 bridgehead atoms. The van der Waals surface area contributed by atoms with Crippen molar-refractivity contribution in [3.8, 4) is 0 Å². The smallest absolute Gasteiger partial charge is 0.433 e. The quantitative estimate of drug-likeness (QED) is 0.867. The van der Waals surface area contributed by atoms with E-state index in [1.54, 1.807) is 18.2 Å². The second-order valence-electron chi connectivity index (χ2n) is 5.92. The monoisotopic (exact) mass is 366 g/mol. The topological polar surface area (TPSA) is 79.3 Å². The highest BCUT2D eigenvalue weighted by Gasteiger charge is 2.33. The van der Waals surface area contributed by atoms with Crippen LogP contribution in [0.3, 0.4) is 0 Å². The summed E-state index contributed by atoms with van der Waals surface area (Å²) in [6.45, 7) is 4.93. The predicted molar refractivity (Wildman–Crippen MR) is 87.7 cm³/mol. The van der Waals surface area contributed by atoms with Gasteiger partial charge in [-0.3, -0.25) is 4.79 Å². The Bertz CT molecular complexity index is 863. The number of carbonyl (C=O) groups is 2. The summed E-state index contributed by atoms with van der Waals surface area (Å²) in [5, 5.41) is 11.8. The standard InChI is InChI=1S/C18H17F3N2O3/c1-9-4-5-12(8-10(9)2)15(17(25)26)23-16(24)13-6-7-14(18(19,20)21)22-11(13)3/h4-8,15H,1-3H3,(H,23,24)(H,25,26). The third-order valence-corrected chi connectivity index (χ3v) is 4.01. The maximum Gasteiger partial charge on any atom is 0.433 e. The van der Waals surface area contributed by atoms with Crippen molar-refractivity contribution >= 4 is 11.9 Å². The number of aryl methyl sites for hydroxylation is 3. The Morgan fingerprint density at radius 1 is 1.08 bits per heavy atom. The van der Waals surface area contributed by atoms with Crippen molar-refractivity contribution in [1.29, 1.82) is 0 Å². The van der Waals surface area contributed by atoms with Crippen LogP contribution in [0.15, 0.2) is 30.3 Å². The molecule has 8 heteroatoms. The fourth-order valence-corrected chi connectivity index (χ4v) is 2.40. The van der Waals surface area contributed by atoms with Gasteiger partial charge < -0.3 is 10.4 Å². The lowest BCUT2D eigenvalue weighted by Crippen LogP contribution is -2.34. The molecule has 0 aliphatic rings. The van der Waals surface area contributed by atoms with E-state index in [4.69, 9.17) is 0 Å². The van der Waals surface area contributed by atoms with Crippen LogP contribution in [0.1, 0.15) is 44.5 Å². The van der Waals surface area contributed by atoms with Crippen LogP contribution < -0.4 is 5.32 Å². The number of hydrogen-bond donors (Lipinski definition) is 2. The van der Waals surface area contributed by atoms with Crippen molar-refractivity contribution in [2.45, 2.75) is 33.0 Å². The Hall–Kier alpha value is -2.90. The third-order valence-electron chi connectivity index (χ3n) is 4.01. The van der Waals surface area contributed by atoms with Gasteiger partial charge in [-0.2, -0.15) is 13.2 Å². The van der Waals surface area contributed by atoms with E-state index in [2.05, 4.69) is 10.3 Å². The van der Waals surface area contributed by atoms with Crippen LogP contribution in [0.5, 0.6) is 0 Å². The fourth-order valence-electron chi connectivity index (χ4n) is 2.40. The zero-order valence-electron chi connectivity index (χ0n) is 14.3. The molecule has 0 aliphatic carbocycles. The first-order chi connectivity index (χ1) is 12.0. The van der Waals surface area contributed by atoms with Gasteiger partial charge in [-0.25, -0.2) is 9.78 Å². The number of nitrogens with zero attached hydrogens (tertiary/aromatic N) is 1. The number of alkyl halides is 3. The van der Waals surface area contributed by atoms with Gasteiger partial charge in [-0.1, -0.05) is 18.2 Å². The van der Waals surface area contributed by atoms with Crippen LogP contribution >= 0.6 is 0 Å². The van der Waals surface area contributed by atoms with E-state index in [0.29, 0.717) is 11.6 Å². The lowest BCUT2D eigenvalue weighted by Gasteiger charge is -2.17. The van der Waals surface area contributed by atoms with Crippen molar-refractivity contribution in [2.24, 2.45) is 0 Å². The summed E-state index contributed by atoms with van der Waals surface area (Å²) in [5.41, 5.74) is 0.818. The first-order valence-corrected chi connectivity index (χ1v) is 7.66. The van der Waals surface area contributed by atoms with Crippen molar-refractivity contribution in [1.82, 2.24) is 10.3 Å². The Balaban J connectivity index is 2.31. The number of nitrogens with one attached hydrogen (secondary N) is 1. The largest absolute Gasteiger partial charge is 0.479 e. The fraction of sp³-hybridized carbons (Fsp3) is 0.278. The number of benzene rings is 1. The van der Waals surface area contributed by atoms with E-state index in [9.17, 15) is 27.9 Å². The number of pyridine rings is 1. The molecule has 1 atom stereocenters. The van der Waals surface area contributed by atoms with Gasteiger partial charge in [0.25, 0.3) is 5.91 Å². The number of halogens is 3. The lowest BCUT2D eigenvalue weighted by molar-refractivity contribution is -0.141. The van der Waals surface area contributed by atoms with Gasteiger partial charge in [-0.05, 0) is 49.6 Å². The number of carbonyl (C=O) groups excluding carboxylic acids is 1. The Morgan fingerprint density at radius 3 is 2.23 bits per heavy atom. The Kier molecular flexibility index (Phi) is 5.34. The summed E-state index contributed by atoms with van der Waals surface area (Å²) in [7, 11) is 0. The van der Waals surface area contributed by atoms with E-state index in [0.717, 1.165) is 17.2 Å². The molecule has 0 fully saturated rings. The van der Waals surface area contributed by atoms with Crippen LogP contribution in [0.25, 0.3) is 0 Å². The molecule has 1 aromatic heterocycles. The molecule has 0 radical (unpaired) electrons. The third kappa shape index (κ3) is 4.19. The summed E-state index contributed by atoms with van der Waals surface area (Å²) in [6, 6.07) is 5.31. The summed E-state index contributed by atoms with van der Waals surface area (Å²) < 4.78 is 38.0. The van der Waals surface area contributed by atoms with Gasteiger partial charge in [0.2, 0.25) is 0 Å². The highest BCUT2D eigenvalue weighted by Crippen LogP contribution is 2.28. The van der Waals surface area contributed by atoms with Gasteiger partial charge in [0, 0.05) is 0 Å². The van der Waals surface area contributed by atoms with Gasteiger partial charge in [0.1, 0.15) is 5.69 Å². The number of hydrogen-bond acceptors (Lipinski definition) is 3. The zero-order chi connectivity index (χ0) is 19.6. The minimum Gasteiger partial charge on any atom is -0.479 e. The van der Waals surface area contributed by atoms with Crippen LogP contribution in [0, 0.1) is 20.8 Å². The SMILES string of the molecule is Cc1ccc(C(NC(=O)c2ccc(C(F)(F)F)nc2C)C(=O)O)cc1C. The first kappa shape index (κ1) is 19.4. The van der Waals surface area contributed by atoms with Crippen molar-refractivity contribution in [3.05, 3.63) is 64.0 Å². The molecule has 2 aromatic rings. The lowest BCUT2D eigenvalue weighted by atomic mass is 10.0. The van der Waals surface area contributed by atoms with Gasteiger partial charge >= 0.3 is 12.1 Å². The summed E-state index contributed by atoms with van der Waals surface area (Å²) in [4.78, 5) is 27.3. The Labute approximate surface area is 147 Å².